The van der Waals surface area contributed by atoms with Crippen LogP contribution in [0.25, 0.3) is 11.2 Å². The zero-order valence-corrected chi connectivity index (χ0v) is 18.8. The van der Waals surface area contributed by atoms with Crippen molar-refractivity contribution in [3.05, 3.63) is 42.2 Å². The first-order valence-corrected chi connectivity index (χ1v) is 10.4. The number of nitrogens with one attached hydrogen (secondary N) is 1. The average molecular weight is 476 g/mol. The first kappa shape index (κ1) is 23.6. The smallest absolute Gasteiger partial charge is 0.441 e. The third-order valence-corrected chi connectivity index (χ3v) is 5.39. The summed E-state index contributed by atoms with van der Waals surface area (Å²) >= 11 is 0. The Morgan fingerprint density at radius 1 is 1.32 bits per heavy atom. The molecule has 1 aliphatic heterocycles. The van der Waals surface area contributed by atoms with Crippen molar-refractivity contribution in [3.63, 3.8) is 0 Å². The van der Waals surface area contributed by atoms with E-state index < -0.39 is 36.8 Å². The van der Waals surface area contributed by atoms with Crippen LogP contribution in [0.3, 0.4) is 0 Å². The number of aliphatic hydroxyl groups excluding tert-OH is 2. The summed E-state index contributed by atoms with van der Waals surface area (Å²) in [6.07, 6.45) is -3.58. The molecule has 34 heavy (non-hydrogen) atoms. The number of fused-ring (bicyclic) bond motifs is 1. The predicted octanol–water partition coefficient (Wildman–Crippen LogP) is 1.09. The van der Waals surface area contributed by atoms with Crippen molar-refractivity contribution in [2.24, 2.45) is 0 Å². The molecule has 0 radical (unpaired) electrons. The largest absolute Gasteiger partial charge is 0.443 e. The standard InChI is InChI=1S/C21H25FN6O6/c1-21(22)15(30)13(9-29)33-18(21)28-11-23-14-16(27(2)3)24-19(25-17(14)28)34-26-20(31)32-10-12-7-5-4-6-8-12/h4-8,11,13,15,18,29-30H,9-10H2,1-3H3,(H,26,31)/t13-,15-,18-,21-/m1/s1. The van der Waals surface area contributed by atoms with Gasteiger partial charge in [0.15, 0.2) is 28.9 Å². The quantitative estimate of drug-likeness (QED) is 0.424. The number of hydroxylamine groups is 1. The van der Waals surface area contributed by atoms with Crippen LogP contribution >= 0.6 is 0 Å². The van der Waals surface area contributed by atoms with Gasteiger partial charge in [-0.1, -0.05) is 30.3 Å². The number of benzene rings is 1. The summed E-state index contributed by atoms with van der Waals surface area (Å²) in [5, 5.41) is 19.6. The van der Waals surface area contributed by atoms with Crippen LogP contribution in [0, 0.1) is 0 Å². The van der Waals surface area contributed by atoms with E-state index in [9.17, 15) is 15.0 Å². The lowest BCUT2D eigenvalue weighted by Crippen LogP contribution is -2.40. The molecular weight excluding hydrogens is 451 g/mol. The van der Waals surface area contributed by atoms with Crippen molar-refractivity contribution in [1.82, 2.24) is 25.0 Å². The van der Waals surface area contributed by atoms with E-state index in [1.807, 2.05) is 18.2 Å². The van der Waals surface area contributed by atoms with Gasteiger partial charge in [0.2, 0.25) is 0 Å². The lowest BCUT2D eigenvalue weighted by Gasteiger charge is -2.24. The molecule has 13 heteroatoms. The molecule has 182 valence electrons. The first-order valence-electron chi connectivity index (χ1n) is 10.4. The van der Waals surface area contributed by atoms with Crippen LogP contribution in [-0.2, 0) is 16.1 Å². The molecule has 0 bridgehead atoms. The van der Waals surface area contributed by atoms with Crippen LogP contribution < -0.4 is 15.2 Å². The van der Waals surface area contributed by atoms with Crippen molar-refractivity contribution in [2.45, 2.75) is 37.6 Å². The van der Waals surface area contributed by atoms with Gasteiger partial charge in [-0.15, -0.1) is 5.48 Å². The molecule has 3 aromatic rings. The van der Waals surface area contributed by atoms with Gasteiger partial charge in [-0.3, -0.25) is 4.57 Å². The number of aliphatic hydroxyl groups is 2. The topological polar surface area (TPSA) is 144 Å². The maximum absolute atomic E-state index is 15.3. The number of carbonyl (C=O) groups excluding carboxylic acids is 1. The van der Waals surface area contributed by atoms with E-state index >= 15 is 4.39 Å². The van der Waals surface area contributed by atoms with E-state index in [1.54, 1.807) is 31.1 Å². The van der Waals surface area contributed by atoms with Gasteiger partial charge in [0, 0.05) is 14.1 Å². The SMILES string of the molecule is CN(C)c1nc(ONC(=O)OCc2ccccc2)nc2c1ncn2[C@@H]1O[C@H](CO)[C@@H](O)[C@@]1(C)F. The van der Waals surface area contributed by atoms with Crippen LogP contribution in [0.1, 0.15) is 18.7 Å². The van der Waals surface area contributed by atoms with Gasteiger partial charge in [0.25, 0.3) is 0 Å². The summed E-state index contributed by atoms with van der Waals surface area (Å²) < 4.78 is 27.3. The molecule has 0 spiro atoms. The van der Waals surface area contributed by atoms with Gasteiger partial charge in [-0.2, -0.15) is 9.97 Å². The summed E-state index contributed by atoms with van der Waals surface area (Å²) in [5.74, 6) is 0.330. The molecule has 1 fully saturated rings. The second kappa shape index (κ2) is 9.37. The third-order valence-electron chi connectivity index (χ3n) is 5.39. The van der Waals surface area contributed by atoms with Crippen LogP contribution in [0.2, 0.25) is 0 Å². The Kier molecular flexibility index (Phi) is 6.50. The molecule has 4 rings (SSSR count). The molecule has 2 aromatic heterocycles. The maximum Gasteiger partial charge on any atom is 0.441 e. The highest BCUT2D eigenvalue weighted by Gasteiger charge is 2.55. The number of amides is 1. The van der Waals surface area contributed by atoms with E-state index in [4.69, 9.17) is 14.3 Å². The van der Waals surface area contributed by atoms with Crippen LogP contribution in [0.15, 0.2) is 36.7 Å². The number of hydrogen-bond donors (Lipinski definition) is 3. The second-order valence-electron chi connectivity index (χ2n) is 8.12. The molecule has 1 aliphatic rings. The highest BCUT2D eigenvalue weighted by atomic mass is 19.1. The van der Waals surface area contributed by atoms with Gasteiger partial charge in [0.05, 0.1) is 12.9 Å². The molecule has 0 aliphatic carbocycles. The molecule has 3 N–H and O–H groups in total. The van der Waals surface area contributed by atoms with E-state index in [-0.39, 0.29) is 18.3 Å². The van der Waals surface area contributed by atoms with Crippen LogP contribution in [-0.4, -0.2) is 74.4 Å². The Morgan fingerprint density at radius 3 is 2.71 bits per heavy atom. The third kappa shape index (κ3) is 4.44. The molecule has 1 saturated heterocycles. The van der Waals surface area contributed by atoms with Crippen molar-refractivity contribution in [3.8, 4) is 6.01 Å². The highest BCUT2D eigenvalue weighted by molar-refractivity contribution is 5.84. The fourth-order valence-corrected chi connectivity index (χ4v) is 3.61. The fraction of sp³-hybridized carbons (Fsp3) is 0.429. The van der Waals surface area contributed by atoms with Crippen LogP contribution in [0.4, 0.5) is 15.0 Å². The number of nitrogens with zero attached hydrogens (tertiary/aromatic N) is 5. The monoisotopic (exact) mass is 476 g/mol. The number of ether oxygens (including phenoxy) is 2. The number of anilines is 1. The number of carbonyl (C=O) groups is 1. The average Bonchev–Trinajstić information content (AvgIpc) is 3.34. The summed E-state index contributed by atoms with van der Waals surface area (Å²) in [7, 11) is 3.42. The Labute approximate surface area is 193 Å². The fourth-order valence-electron chi connectivity index (χ4n) is 3.61. The zero-order valence-electron chi connectivity index (χ0n) is 18.8. The summed E-state index contributed by atoms with van der Waals surface area (Å²) in [4.78, 5) is 31.6. The maximum atomic E-state index is 15.3. The zero-order chi connectivity index (χ0) is 24.5. The Bertz CT molecular complexity index is 1160. The molecule has 1 aromatic carbocycles. The number of imidazole rings is 1. The molecule has 12 nitrogen and oxygen atoms in total. The number of aromatic nitrogens is 4. The van der Waals surface area contributed by atoms with Gasteiger partial charge in [-0.05, 0) is 12.5 Å². The van der Waals surface area contributed by atoms with Crippen LogP contribution in [0.5, 0.6) is 6.01 Å². The molecule has 0 unspecified atom stereocenters. The number of halogens is 1. The van der Waals surface area contributed by atoms with Crippen molar-refractivity contribution in [2.75, 3.05) is 25.6 Å². The molecular formula is C21H25FN6O6. The second-order valence-corrected chi connectivity index (χ2v) is 8.12. The highest BCUT2D eigenvalue weighted by Crippen LogP contribution is 2.42. The summed E-state index contributed by atoms with van der Waals surface area (Å²) in [5.41, 5.74) is 1.10. The minimum absolute atomic E-state index is 0.0358. The molecule has 3 heterocycles. The number of alkyl halides is 1. The molecule has 1 amide bonds. The van der Waals surface area contributed by atoms with Gasteiger partial charge in [0.1, 0.15) is 18.8 Å². The van der Waals surface area contributed by atoms with Gasteiger partial charge >= 0.3 is 12.1 Å². The Balaban J connectivity index is 1.57. The van der Waals surface area contributed by atoms with E-state index in [0.29, 0.717) is 11.3 Å². The van der Waals surface area contributed by atoms with Gasteiger partial charge in [-0.25, -0.2) is 14.2 Å². The van der Waals surface area contributed by atoms with Crippen molar-refractivity contribution < 1.29 is 33.7 Å². The normalized spacial score (nSPS) is 24.2. The Hall–Kier alpha value is -3.55. The summed E-state index contributed by atoms with van der Waals surface area (Å²) in [6, 6.07) is 8.84. The first-order chi connectivity index (χ1) is 16.2. The Morgan fingerprint density at radius 2 is 2.06 bits per heavy atom. The van der Waals surface area contributed by atoms with E-state index in [1.165, 1.54) is 17.8 Å². The van der Waals surface area contributed by atoms with Gasteiger partial charge < -0.3 is 29.4 Å². The minimum Gasteiger partial charge on any atom is -0.443 e. The van der Waals surface area contributed by atoms with E-state index in [0.717, 1.165) is 5.56 Å². The predicted molar refractivity (Wildman–Crippen MR) is 117 cm³/mol. The molecule has 4 atom stereocenters. The van der Waals surface area contributed by atoms with E-state index in [2.05, 4.69) is 20.4 Å². The van der Waals surface area contributed by atoms with Crippen molar-refractivity contribution >= 4 is 23.1 Å². The summed E-state index contributed by atoms with van der Waals surface area (Å²) in [6.45, 7) is 0.638. The number of hydrogen-bond acceptors (Lipinski definition) is 10. The van der Waals surface area contributed by atoms with Crippen molar-refractivity contribution in [1.29, 1.82) is 0 Å². The number of rotatable bonds is 7. The minimum atomic E-state index is -2.25. The lowest BCUT2D eigenvalue weighted by molar-refractivity contribution is -0.0567. The molecule has 0 saturated carbocycles. The lowest BCUT2D eigenvalue weighted by atomic mass is 9.98.